The molecule has 0 aliphatic rings. The zero-order valence-corrected chi connectivity index (χ0v) is 10.5. The molecule has 19 heavy (non-hydrogen) atoms. The number of aromatic nitrogens is 1. The normalized spacial score (nSPS) is 10.3. The summed E-state index contributed by atoms with van der Waals surface area (Å²) in [5.74, 6) is 0. The van der Waals surface area contributed by atoms with Crippen molar-refractivity contribution in [2.24, 2.45) is 0 Å². The Morgan fingerprint density at radius 3 is 1.95 bits per heavy atom. The van der Waals surface area contributed by atoms with Gasteiger partial charge in [0, 0.05) is 23.0 Å². The molecule has 0 unspecified atom stereocenters. The van der Waals surface area contributed by atoms with Crippen LogP contribution in [0.25, 0.3) is 22.4 Å². The molecule has 3 aromatic rings. The molecule has 2 nitrogen and oxygen atoms in total. The van der Waals surface area contributed by atoms with Gasteiger partial charge in [-0.05, 0) is 23.8 Å². The standard InChI is InChI=1S/C17H14N2/c18-16-9-6-13(7-10-16)15-8-11-17(19-12-15)14-4-2-1-3-5-14/h1-12H,18H2. The van der Waals surface area contributed by atoms with Crippen LogP contribution in [0.1, 0.15) is 0 Å². The summed E-state index contributed by atoms with van der Waals surface area (Å²) in [6.45, 7) is 0. The number of rotatable bonds is 2. The molecule has 1 heterocycles. The van der Waals surface area contributed by atoms with Crippen molar-refractivity contribution in [2.45, 2.75) is 0 Å². The molecule has 0 fully saturated rings. The second-order valence-electron chi connectivity index (χ2n) is 4.42. The fourth-order valence-electron chi connectivity index (χ4n) is 2.02. The molecule has 0 aliphatic heterocycles. The topological polar surface area (TPSA) is 38.9 Å². The number of nitrogens with two attached hydrogens (primary N) is 1. The average Bonchev–Trinajstić information content (AvgIpc) is 2.49. The van der Waals surface area contributed by atoms with Crippen LogP contribution in [-0.4, -0.2) is 4.98 Å². The highest BCUT2D eigenvalue weighted by atomic mass is 14.7. The van der Waals surface area contributed by atoms with Crippen molar-refractivity contribution >= 4 is 5.69 Å². The second-order valence-corrected chi connectivity index (χ2v) is 4.42. The van der Waals surface area contributed by atoms with E-state index >= 15 is 0 Å². The Hall–Kier alpha value is -2.61. The maximum absolute atomic E-state index is 5.69. The highest BCUT2D eigenvalue weighted by molar-refractivity contribution is 5.67. The van der Waals surface area contributed by atoms with E-state index < -0.39 is 0 Å². The van der Waals surface area contributed by atoms with E-state index in [4.69, 9.17) is 5.73 Å². The molecule has 2 heteroatoms. The summed E-state index contributed by atoms with van der Waals surface area (Å²) in [5, 5.41) is 0. The van der Waals surface area contributed by atoms with Crippen LogP contribution in [0.4, 0.5) is 5.69 Å². The number of anilines is 1. The molecule has 3 rings (SSSR count). The highest BCUT2D eigenvalue weighted by Crippen LogP contribution is 2.23. The molecule has 2 aromatic carbocycles. The van der Waals surface area contributed by atoms with E-state index in [1.165, 1.54) is 0 Å². The van der Waals surface area contributed by atoms with E-state index in [0.717, 1.165) is 28.1 Å². The van der Waals surface area contributed by atoms with E-state index in [1.54, 1.807) is 0 Å². The van der Waals surface area contributed by atoms with Crippen LogP contribution in [0, 0.1) is 0 Å². The van der Waals surface area contributed by atoms with Crippen molar-refractivity contribution < 1.29 is 0 Å². The van der Waals surface area contributed by atoms with Crippen LogP contribution < -0.4 is 5.73 Å². The number of hydrogen-bond donors (Lipinski definition) is 1. The summed E-state index contributed by atoms with van der Waals surface area (Å²) in [6.07, 6.45) is 1.90. The lowest BCUT2D eigenvalue weighted by atomic mass is 10.1. The Balaban J connectivity index is 1.93. The van der Waals surface area contributed by atoms with E-state index in [1.807, 2.05) is 54.7 Å². The summed E-state index contributed by atoms with van der Waals surface area (Å²) in [5.41, 5.74) is 10.8. The monoisotopic (exact) mass is 246 g/mol. The van der Waals surface area contributed by atoms with Gasteiger partial charge in [0.15, 0.2) is 0 Å². The van der Waals surface area contributed by atoms with Crippen molar-refractivity contribution in [1.29, 1.82) is 0 Å². The minimum atomic E-state index is 0.776. The van der Waals surface area contributed by atoms with Crippen molar-refractivity contribution in [1.82, 2.24) is 4.98 Å². The lowest BCUT2D eigenvalue weighted by molar-refractivity contribution is 1.32. The molecule has 0 saturated heterocycles. The molecule has 0 aliphatic carbocycles. The minimum absolute atomic E-state index is 0.776. The first kappa shape index (κ1) is 11.5. The van der Waals surface area contributed by atoms with E-state index in [0.29, 0.717) is 0 Å². The summed E-state index contributed by atoms with van der Waals surface area (Å²) >= 11 is 0. The summed E-state index contributed by atoms with van der Waals surface area (Å²) in [4.78, 5) is 4.52. The molecule has 0 bridgehead atoms. The van der Waals surface area contributed by atoms with Crippen LogP contribution in [0.3, 0.4) is 0 Å². The number of benzene rings is 2. The molecule has 2 N–H and O–H groups in total. The fourth-order valence-corrected chi connectivity index (χ4v) is 2.02. The number of pyridine rings is 1. The van der Waals surface area contributed by atoms with Crippen molar-refractivity contribution in [3.8, 4) is 22.4 Å². The fraction of sp³-hybridized carbons (Fsp3) is 0. The van der Waals surface area contributed by atoms with Gasteiger partial charge in [0.05, 0.1) is 5.69 Å². The molecule has 0 spiro atoms. The van der Waals surface area contributed by atoms with Gasteiger partial charge in [-0.25, -0.2) is 0 Å². The zero-order chi connectivity index (χ0) is 13.1. The van der Waals surface area contributed by atoms with Crippen molar-refractivity contribution in [2.75, 3.05) is 5.73 Å². The summed E-state index contributed by atoms with van der Waals surface area (Å²) in [6, 6.07) is 22.1. The molecule has 0 amide bonds. The smallest absolute Gasteiger partial charge is 0.0702 e. The van der Waals surface area contributed by atoms with Crippen LogP contribution in [-0.2, 0) is 0 Å². The van der Waals surface area contributed by atoms with Gasteiger partial charge in [0.2, 0.25) is 0 Å². The van der Waals surface area contributed by atoms with Crippen LogP contribution >= 0.6 is 0 Å². The Kier molecular flexibility index (Phi) is 2.99. The maximum atomic E-state index is 5.69. The molecule has 1 aromatic heterocycles. The van der Waals surface area contributed by atoms with Gasteiger partial charge in [-0.15, -0.1) is 0 Å². The molecule has 0 atom stereocenters. The number of hydrogen-bond acceptors (Lipinski definition) is 2. The van der Waals surface area contributed by atoms with E-state index in [2.05, 4.69) is 23.2 Å². The predicted molar refractivity (Wildman–Crippen MR) is 79.5 cm³/mol. The molecule has 92 valence electrons. The van der Waals surface area contributed by atoms with Crippen LogP contribution in [0.2, 0.25) is 0 Å². The third-order valence-corrected chi connectivity index (χ3v) is 3.08. The van der Waals surface area contributed by atoms with Gasteiger partial charge in [0.25, 0.3) is 0 Å². The van der Waals surface area contributed by atoms with Gasteiger partial charge in [0.1, 0.15) is 0 Å². The van der Waals surface area contributed by atoms with Gasteiger partial charge in [-0.2, -0.15) is 0 Å². The maximum Gasteiger partial charge on any atom is 0.0702 e. The third-order valence-electron chi connectivity index (χ3n) is 3.08. The van der Waals surface area contributed by atoms with Gasteiger partial charge < -0.3 is 5.73 Å². The SMILES string of the molecule is Nc1ccc(-c2ccc(-c3ccccc3)nc2)cc1. The Morgan fingerprint density at radius 1 is 0.632 bits per heavy atom. The Bertz CT molecular complexity index is 656. The number of nitrogens with zero attached hydrogens (tertiary/aromatic N) is 1. The molecular weight excluding hydrogens is 232 g/mol. The summed E-state index contributed by atoms with van der Waals surface area (Å²) in [7, 11) is 0. The van der Waals surface area contributed by atoms with Gasteiger partial charge in [-0.1, -0.05) is 48.5 Å². The van der Waals surface area contributed by atoms with Crippen LogP contribution in [0.5, 0.6) is 0 Å². The second kappa shape index (κ2) is 4.94. The Morgan fingerprint density at radius 2 is 1.32 bits per heavy atom. The van der Waals surface area contributed by atoms with E-state index in [-0.39, 0.29) is 0 Å². The zero-order valence-electron chi connectivity index (χ0n) is 10.5. The largest absolute Gasteiger partial charge is 0.399 e. The molecule has 0 radical (unpaired) electrons. The van der Waals surface area contributed by atoms with Crippen molar-refractivity contribution in [3.05, 3.63) is 72.9 Å². The van der Waals surface area contributed by atoms with Gasteiger partial charge in [-0.3, -0.25) is 4.98 Å². The lowest BCUT2D eigenvalue weighted by Crippen LogP contribution is -1.86. The van der Waals surface area contributed by atoms with Gasteiger partial charge >= 0.3 is 0 Å². The minimum Gasteiger partial charge on any atom is -0.399 e. The molecular formula is C17H14N2. The van der Waals surface area contributed by atoms with Crippen LogP contribution in [0.15, 0.2) is 72.9 Å². The highest BCUT2D eigenvalue weighted by Gasteiger charge is 2.01. The molecule has 0 saturated carbocycles. The van der Waals surface area contributed by atoms with E-state index in [9.17, 15) is 0 Å². The average molecular weight is 246 g/mol. The Labute approximate surface area is 112 Å². The third kappa shape index (κ3) is 2.47. The first-order chi connectivity index (χ1) is 9.33. The first-order valence-corrected chi connectivity index (χ1v) is 6.20. The predicted octanol–water partition coefficient (Wildman–Crippen LogP) is 4.00. The summed E-state index contributed by atoms with van der Waals surface area (Å²) < 4.78 is 0. The lowest BCUT2D eigenvalue weighted by Gasteiger charge is -2.04. The quantitative estimate of drug-likeness (QED) is 0.694. The van der Waals surface area contributed by atoms with Crippen molar-refractivity contribution in [3.63, 3.8) is 0 Å². The first-order valence-electron chi connectivity index (χ1n) is 6.20. The number of nitrogen functional groups attached to an aromatic ring is 1.